The van der Waals surface area contributed by atoms with Crippen molar-refractivity contribution in [3.63, 3.8) is 0 Å². The van der Waals surface area contributed by atoms with Crippen LogP contribution in [0.25, 0.3) is 0 Å². The van der Waals surface area contributed by atoms with E-state index in [9.17, 15) is 28.5 Å². The van der Waals surface area contributed by atoms with E-state index in [2.05, 4.69) is 0 Å². The van der Waals surface area contributed by atoms with Crippen LogP contribution in [0.1, 0.15) is 6.42 Å². The predicted molar refractivity (Wildman–Crippen MR) is 60.9 cm³/mol. The zero-order valence-corrected chi connectivity index (χ0v) is 9.80. The van der Waals surface area contributed by atoms with Crippen molar-refractivity contribution in [2.45, 2.75) is 6.42 Å². The third kappa shape index (κ3) is 2.56. The number of hydrogen-bond acceptors (Lipinski definition) is 4. The molecule has 2 N–H and O–H groups in total. The first kappa shape index (κ1) is 13.8. The van der Waals surface area contributed by atoms with E-state index in [1.54, 1.807) is 0 Å². The van der Waals surface area contributed by atoms with Gasteiger partial charge < -0.3 is 10.4 Å². The van der Waals surface area contributed by atoms with E-state index >= 15 is 0 Å². The fourth-order valence-corrected chi connectivity index (χ4v) is 1.76. The summed E-state index contributed by atoms with van der Waals surface area (Å²) >= 11 is 0. The molecule has 1 aromatic carbocycles. The summed E-state index contributed by atoms with van der Waals surface area (Å²) in [6.07, 6.45) is 0.117. The number of anilines is 1. The van der Waals surface area contributed by atoms with E-state index in [1.165, 1.54) is 0 Å². The van der Waals surface area contributed by atoms with Gasteiger partial charge in [0.15, 0.2) is 0 Å². The van der Waals surface area contributed by atoms with Crippen molar-refractivity contribution in [2.24, 2.45) is 11.8 Å². The lowest BCUT2D eigenvalue weighted by molar-refractivity contribution is -0.387. The van der Waals surface area contributed by atoms with Gasteiger partial charge in [0.25, 0.3) is 0 Å². The second-order valence-electron chi connectivity index (χ2n) is 4.32. The van der Waals surface area contributed by atoms with Crippen LogP contribution in [0.3, 0.4) is 0 Å². The molecule has 20 heavy (non-hydrogen) atoms. The predicted octanol–water partition coefficient (Wildman–Crippen LogP) is 1.53. The van der Waals surface area contributed by atoms with Crippen molar-refractivity contribution in [3.05, 3.63) is 33.9 Å². The monoisotopic (exact) mass is 286 g/mol. The van der Waals surface area contributed by atoms with E-state index in [-0.39, 0.29) is 12.5 Å². The van der Waals surface area contributed by atoms with Gasteiger partial charge in [-0.1, -0.05) is 0 Å². The van der Waals surface area contributed by atoms with Gasteiger partial charge in [0.1, 0.15) is 5.82 Å². The van der Waals surface area contributed by atoms with Crippen LogP contribution < -0.4 is 5.32 Å². The van der Waals surface area contributed by atoms with Crippen LogP contribution in [-0.2, 0) is 9.59 Å². The Hall–Kier alpha value is -2.58. The van der Waals surface area contributed by atoms with Crippen LogP contribution in [0.15, 0.2) is 12.1 Å². The Kier molecular flexibility index (Phi) is 3.35. The summed E-state index contributed by atoms with van der Waals surface area (Å²) in [5, 5.41) is 21.2. The maximum absolute atomic E-state index is 13.4. The van der Waals surface area contributed by atoms with Crippen molar-refractivity contribution < 1.29 is 28.4 Å². The molecule has 1 saturated carbocycles. The minimum Gasteiger partial charge on any atom is -0.481 e. The number of nitrogens with zero attached hydrogens (tertiary/aromatic N) is 1. The molecule has 0 bridgehead atoms. The van der Waals surface area contributed by atoms with Crippen LogP contribution in [0.5, 0.6) is 0 Å². The zero-order valence-electron chi connectivity index (χ0n) is 9.80. The number of nitro groups is 1. The van der Waals surface area contributed by atoms with Crippen LogP contribution in [0.2, 0.25) is 0 Å². The highest BCUT2D eigenvalue weighted by Gasteiger charge is 2.48. The van der Waals surface area contributed by atoms with Gasteiger partial charge >= 0.3 is 11.7 Å². The number of amides is 1. The summed E-state index contributed by atoms with van der Waals surface area (Å²) in [6, 6.07) is 0.843. The van der Waals surface area contributed by atoms with Crippen molar-refractivity contribution in [1.29, 1.82) is 0 Å². The third-order valence-corrected chi connectivity index (χ3v) is 2.94. The molecule has 0 saturated heterocycles. The quantitative estimate of drug-likeness (QED) is 0.644. The molecule has 7 nitrogen and oxygen atoms in total. The molecule has 2 rings (SSSR count). The minimum atomic E-state index is -1.36. The topological polar surface area (TPSA) is 110 Å². The average molecular weight is 286 g/mol. The zero-order chi connectivity index (χ0) is 15.0. The number of carboxylic acids is 1. The van der Waals surface area contributed by atoms with Crippen LogP contribution in [-0.4, -0.2) is 21.9 Å². The van der Waals surface area contributed by atoms with Gasteiger partial charge in [-0.05, 0) is 6.42 Å². The Balaban J connectivity index is 2.18. The summed E-state index contributed by atoms with van der Waals surface area (Å²) in [4.78, 5) is 31.7. The molecule has 1 aliphatic rings. The molecule has 0 heterocycles. The maximum atomic E-state index is 13.4. The second-order valence-corrected chi connectivity index (χ2v) is 4.32. The summed E-state index contributed by atoms with van der Waals surface area (Å²) in [5.41, 5.74) is -1.54. The van der Waals surface area contributed by atoms with Crippen LogP contribution in [0, 0.1) is 33.6 Å². The Morgan fingerprint density at radius 2 is 1.95 bits per heavy atom. The average Bonchev–Trinajstić information content (AvgIpc) is 3.12. The largest absolute Gasteiger partial charge is 0.481 e. The van der Waals surface area contributed by atoms with Gasteiger partial charge in [-0.25, -0.2) is 4.39 Å². The first-order chi connectivity index (χ1) is 9.31. The van der Waals surface area contributed by atoms with Crippen molar-refractivity contribution in [1.82, 2.24) is 0 Å². The fraction of sp³-hybridized carbons (Fsp3) is 0.273. The Morgan fingerprint density at radius 1 is 1.30 bits per heavy atom. The molecule has 9 heteroatoms. The summed E-state index contributed by atoms with van der Waals surface area (Å²) < 4.78 is 26.5. The lowest BCUT2D eigenvalue weighted by Gasteiger charge is -2.06. The lowest BCUT2D eigenvalue weighted by Crippen LogP contribution is -2.18. The summed E-state index contributed by atoms with van der Waals surface area (Å²) in [5.74, 6) is -6.09. The molecule has 2 atom stereocenters. The highest BCUT2D eigenvalue weighted by molar-refractivity contribution is 5.98. The molecule has 2 unspecified atom stereocenters. The number of halogens is 2. The normalized spacial score (nSPS) is 20.3. The van der Waals surface area contributed by atoms with Gasteiger partial charge in [-0.3, -0.25) is 19.7 Å². The SMILES string of the molecule is O=C(O)C1CC1C(=O)Nc1cc([N+](=O)[O-])c(F)cc1F. The van der Waals surface area contributed by atoms with Gasteiger partial charge in [-0.2, -0.15) is 4.39 Å². The summed E-state index contributed by atoms with van der Waals surface area (Å²) in [6.45, 7) is 0. The molecule has 1 amide bonds. The van der Waals surface area contributed by atoms with E-state index in [1.807, 2.05) is 5.32 Å². The maximum Gasteiger partial charge on any atom is 0.307 e. The fourth-order valence-electron chi connectivity index (χ4n) is 1.76. The lowest BCUT2D eigenvalue weighted by atomic mass is 10.2. The van der Waals surface area contributed by atoms with Crippen molar-refractivity contribution in [3.8, 4) is 0 Å². The van der Waals surface area contributed by atoms with Crippen LogP contribution >= 0.6 is 0 Å². The number of nitrogens with one attached hydrogen (secondary N) is 1. The standard InChI is InChI=1S/C11H8F2N2O5/c12-6-2-7(13)9(15(19)20)3-8(6)14-10(16)4-1-5(4)11(17)18/h2-5H,1H2,(H,14,16)(H,17,18). The van der Waals surface area contributed by atoms with E-state index in [0.717, 1.165) is 0 Å². The smallest absolute Gasteiger partial charge is 0.307 e. The number of carbonyl (C=O) groups is 2. The minimum absolute atomic E-state index is 0.117. The Labute approximate surface area is 110 Å². The number of aliphatic carboxylic acids is 1. The van der Waals surface area contributed by atoms with E-state index in [0.29, 0.717) is 6.07 Å². The third-order valence-electron chi connectivity index (χ3n) is 2.94. The van der Waals surface area contributed by atoms with Gasteiger partial charge in [0.05, 0.1) is 22.4 Å². The van der Waals surface area contributed by atoms with Gasteiger partial charge in [0, 0.05) is 12.1 Å². The first-order valence-electron chi connectivity index (χ1n) is 5.48. The molecule has 0 spiro atoms. The number of carboxylic acid groups (broad SMARTS) is 1. The molecule has 1 aromatic rings. The van der Waals surface area contributed by atoms with E-state index < -0.39 is 51.6 Å². The highest BCUT2D eigenvalue weighted by Crippen LogP contribution is 2.39. The molecule has 0 aliphatic heterocycles. The van der Waals surface area contributed by atoms with Crippen molar-refractivity contribution >= 4 is 23.3 Å². The Bertz CT molecular complexity index is 619. The molecule has 1 aliphatic carbocycles. The first-order valence-corrected chi connectivity index (χ1v) is 5.48. The second kappa shape index (κ2) is 4.83. The number of hydrogen-bond donors (Lipinski definition) is 2. The molecular formula is C11H8F2N2O5. The highest BCUT2D eigenvalue weighted by atomic mass is 19.1. The number of carbonyl (C=O) groups excluding carboxylic acids is 1. The van der Waals surface area contributed by atoms with Gasteiger partial charge in [-0.15, -0.1) is 0 Å². The molecule has 0 aromatic heterocycles. The number of rotatable bonds is 4. The molecule has 0 radical (unpaired) electrons. The van der Waals surface area contributed by atoms with Crippen LogP contribution in [0.4, 0.5) is 20.2 Å². The number of benzene rings is 1. The molecule has 106 valence electrons. The van der Waals surface area contributed by atoms with Gasteiger partial charge in [0.2, 0.25) is 11.7 Å². The summed E-state index contributed by atoms with van der Waals surface area (Å²) in [7, 11) is 0. The molecular weight excluding hydrogens is 278 g/mol. The molecule has 1 fully saturated rings. The van der Waals surface area contributed by atoms with E-state index in [4.69, 9.17) is 5.11 Å². The van der Waals surface area contributed by atoms with Crippen molar-refractivity contribution in [2.75, 3.05) is 5.32 Å². The number of nitro benzene ring substituents is 1. The Morgan fingerprint density at radius 3 is 2.45 bits per heavy atom.